The number of pyridine rings is 1. The minimum Gasteiger partial charge on any atom is -0.357 e. The van der Waals surface area contributed by atoms with Gasteiger partial charge in [-0.2, -0.15) is 0 Å². The van der Waals surface area contributed by atoms with Crippen LogP contribution in [-0.2, 0) is 6.54 Å². The van der Waals surface area contributed by atoms with Gasteiger partial charge in [0.1, 0.15) is 5.82 Å². The highest BCUT2D eigenvalue weighted by Crippen LogP contribution is 2.19. The van der Waals surface area contributed by atoms with Crippen LogP contribution in [0.3, 0.4) is 0 Å². The molecule has 2 N–H and O–H groups in total. The number of rotatable bonds is 5. The molecular weight excluding hydrogens is 370 g/mol. The normalized spacial score (nSPS) is 15.4. The van der Waals surface area contributed by atoms with Crippen molar-refractivity contribution in [2.75, 3.05) is 24.5 Å². The molecule has 2 heterocycles. The minimum absolute atomic E-state index is 0.431. The van der Waals surface area contributed by atoms with Crippen LogP contribution in [0.1, 0.15) is 31.0 Å². The predicted molar refractivity (Wildman–Crippen MR) is 126 cm³/mol. The van der Waals surface area contributed by atoms with E-state index >= 15 is 0 Å². The Balaban J connectivity index is 1.36. The van der Waals surface area contributed by atoms with E-state index in [9.17, 15) is 0 Å². The first-order valence-corrected chi connectivity index (χ1v) is 10.9. The van der Waals surface area contributed by atoms with Crippen molar-refractivity contribution in [1.29, 1.82) is 0 Å². The van der Waals surface area contributed by atoms with Gasteiger partial charge in [0.25, 0.3) is 0 Å². The van der Waals surface area contributed by atoms with Crippen molar-refractivity contribution >= 4 is 22.5 Å². The lowest BCUT2D eigenvalue weighted by molar-refractivity contribution is 0.459. The molecule has 1 saturated heterocycles. The number of benzene rings is 2. The van der Waals surface area contributed by atoms with E-state index in [2.05, 4.69) is 82.0 Å². The molecule has 1 aliphatic rings. The average molecular weight is 402 g/mol. The lowest BCUT2D eigenvalue weighted by Crippen LogP contribution is -2.48. The van der Waals surface area contributed by atoms with Crippen LogP contribution in [0.4, 0.5) is 5.82 Å². The van der Waals surface area contributed by atoms with Gasteiger partial charge in [-0.1, -0.05) is 42.5 Å². The number of fused-ring (bicyclic) bond motifs is 1. The summed E-state index contributed by atoms with van der Waals surface area (Å²) >= 11 is 0. The number of aromatic nitrogens is 1. The van der Waals surface area contributed by atoms with Gasteiger partial charge in [0.15, 0.2) is 5.96 Å². The van der Waals surface area contributed by atoms with Gasteiger partial charge in [-0.05, 0) is 61.2 Å². The molecule has 0 radical (unpaired) electrons. The maximum absolute atomic E-state index is 4.84. The zero-order valence-electron chi connectivity index (χ0n) is 17.9. The van der Waals surface area contributed by atoms with E-state index in [-0.39, 0.29) is 0 Å². The molecule has 30 heavy (non-hydrogen) atoms. The smallest absolute Gasteiger partial charge is 0.191 e. The van der Waals surface area contributed by atoms with Gasteiger partial charge < -0.3 is 15.5 Å². The Labute approximate surface area is 179 Å². The first kappa shape index (κ1) is 20.2. The molecule has 0 saturated carbocycles. The zero-order chi connectivity index (χ0) is 20.8. The van der Waals surface area contributed by atoms with E-state index in [0.717, 1.165) is 49.9 Å². The van der Waals surface area contributed by atoms with Crippen LogP contribution in [0.5, 0.6) is 0 Å². The van der Waals surface area contributed by atoms with Crippen molar-refractivity contribution in [2.45, 2.75) is 39.3 Å². The molecule has 3 aromatic rings. The van der Waals surface area contributed by atoms with E-state index in [1.165, 1.54) is 16.3 Å². The molecule has 1 fully saturated rings. The highest BCUT2D eigenvalue weighted by atomic mass is 15.2. The topological polar surface area (TPSA) is 52.6 Å². The van der Waals surface area contributed by atoms with E-state index in [0.29, 0.717) is 12.6 Å². The third-order valence-corrected chi connectivity index (χ3v) is 5.61. The Bertz CT molecular complexity index is 1010. The standard InChI is InChI=1S/C25H31N5/c1-3-26-25(27-18-20-11-12-21-8-4-5-9-22(21)17-20)29-23-13-15-30(16-14-23)24-10-6-7-19(2)28-24/h4-12,17,23H,3,13-16,18H2,1-2H3,(H2,26,27,29). The monoisotopic (exact) mass is 401 g/mol. The fourth-order valence-electron chi connectivity index (χ4n) is 3.98. The second-order valence-corrected chi connectivity index (χ2v) is 7.92. The van der Waals surface area contributed by atoms with Crippen LogP contribution < -0.4 is 15.5 Å². The molecule has 0 unspecified atom stereocenters. The van der Waals surface area contributed by atoms with Gasteiger partial charge in [0, 0.05) is 31.4 Å². The van der Waals surface area contributed by atoms with Gasteiger partial charge in [-0.3, -0.25) is 0 Å². The summed E-state index contributed by atoms with van der Waals surface area (Å²) in [5.41, 5.74) is 2.30. The summed E-state index contributed by atoms with van der Waals surface area (Å²) in [6, 6.07) is 21.7. The molecule has 0 spiro atoms. The summed E-state index contributed by atoms with van der Waals surface area (Å²) in [6.07, 6.45) is 2.16. The molecule has 0 aliphatic carbocycles. The Morgan fingerprint density at radius 2 is 1.83 bits per heavy atom. The lowest BCUT2D eigenvalue weighted by Gasteiger charge is -2.34. The predicted octanol–water partition coefficient (Wildman–Crippen LogP) is 4.27. The quantitative estimate of drug-likeness (QED) is 0.495. The van der Waals surface area contributed by atoms with Gasteiger partial charge in [0.2, 0.25) is 0 Å². The van der Waals surface area contributed by atoms with Crippen molar-refractivity contribution in [2.24, 2.45) is 4.99 Å². The number of aliphatic imine (C=N–C) groups is 1. The fraction of sp³-hybridized carbons (Fsp3) is 0.360. The van der Waals surface area contributed by atoms with Crippen LogP contribution in [0, 0.1) is 6.92 Å². The van der Waals surface area contributed by atoms with Crippen LogP contribution in [0.25, 0.3) is 10.8 Å². The Hall–Kier alpha value is -3.08. The van der Waals surface area contributed by atoms with E-state index in [4.69, 9.17) is 4.99 Å². The van der Waals surface area contributed by atoms with E-state index in [1.54, 1.807) is 0 Å². The van der Waals surface area contributed by atoms with E-state index < -0.39 is 0 Å². The second kappa shape index (κ2) is 9.61. The van der Waals surface area contributed by atoms with Crippen LogP contribution >= 0.6 is 0 Å². The number of guanidine groups is 1. The molecule has 5 nitrogen and oxygen atoms in total. The first-order valence-electron chi connectivity index (χ1n) is 10.9. The molecule has 0 bridgehead atoms. The Morgan fingerprint density at radius 1 is 1.03 bits per heavy atom. The van der Waals surface area contributed by atoms with Crippen molar-refractivity contribution in [3.05, 3.63) is 71.9 Å². The molecule has 156 valence electrons. The molecule has 1 aromatic heterocycles. The third-order valence-electron chi connectivity index (χ3n) is 5.61. The van der Waals surface area contributed by atoms with Crippen LogP contribution in [0.2, 0.25) is 0 Å². The number of hydrogen-bond donors (Lipinski definition) is 2. The number of nitrogens with zero attached hydrogens (tertiary/aromatic N) is 3. The number of hydrogen-bond acceptors (Lipinski definition) is 3. The Morgan fingerprint density at radius 3 is 2.60 bits per heavy atom. The first-order chi connectivity index (χ1) is 14.7. The molecule has 2 aromatic carbocycles. The molecule has 4 rings (SSSR count). The van der Waals surface area contributed by atoms with Gasteiger partial charge in [-0.25, -0.2) is 9.98 Å². The maximum atomic E-state index is 4.84. The summed E-state index contributed by atoms with van der Waals surface area (Å²) < 4.78 is 0. The fourth-order valence-corrected chi connectivity index (χ4v) is 3.98. The molecule has 5 heteroatoms. The van der Waals surface area contributed by atoms with Gasteiger partial charge >= 0.3 is 0 Å². The summed E-state index contributed by atoms with van der Waals surface area (Å²) in [6.45, 7) is 7.71. The number of nitrogens with one attached hydrogen (secondary N) is 2. The zero-order valence-corrected chi connectivity index (χ0v) is 17.9. The number of piperidine rings is 1. The third kappa shape index (κ3) is 5.09. The van der Waals surface area contributed by atoms with Crippen molar-refractivity contribution in [3.8, 4) is 0 Å². The molecule has 0 amide bonds. The average Bonchev–Trinajstić information content (AvgIpc) is 2.78. The van der Waals surface area contributed by atoms with Crippen molar-refractivity contribution in [1.82, 2.24) is 15.6 Å². The van der Waals surface area contributed by atoms with Gasteiger partial charge in [-0.15, -0.1) is 0 Å². The lowest BCUT2D eigenvalue weighted by atomic mass is 10.1. The van der Waals surface area contributed by atoms with Crippen LogP contribution in [-0.4, -0.2) is 36.6 Å². The van der Waals surface area contributed by atoms with Crippen molar-refractivity contribution < 1.29 is 0 Å². The molecular formula is C25H31N5. The summed E-state index contributed by atoms with van der Waals surface area (Å²) in [7, 11) is 0. The summed E-state index contributed by atoms with van der Waals surface area (Å²) in [5.74, 6) is 1.99. The Kier molecular flexibility index (Phi) is 6.47. The molecule has 1 aliphatic heterocycles. The highest BCUT2D eigenvalue weighted by Gasteiger charge is 2.21. The number of aryl methyl sites for hydroxylation is 1. The van der Waals surface area contributed by atoms with Crippen LogP contribution in [0.15, 0.2) is 65.7 Å². The SMILES string of the molecule is CCNC(=NCc1ccc2ccccc2c1)NC1CCN(c2cccc(C)n2)CC1. The largest absolute Gasteiger partial charge is 0.357 e. The summed E-state index contributed by atoms with van der Waals surface area (Å²) in [4.78, 5) is 11.9. The van der Waals surface area contributed by atoms with Gasteiger partial charge in [0.05, 0.1) is 6.54 Å². The summed E-state index contributed by atoms with van der Waals surface area (Å²) in [5, 5.41) is 9.57. The molecule has 0 atom stereocenters. The van der Waals surface area contributed by atoms with Crippen molar-refractivity contribution in [3.63, 3.8) is 0 Å². The number of anilines is 1. The maximum Gasteiger partial charge on any atom is 0.191 e. The van der Waals surface area contributed by atoms with E-state index in [1.807, 2.05) is 13.0 Å². The second-order valence-electron chi connectivity index (χ2n) is 7.92. The highest BCUT2D eigenvalue weighted by molar-refractivity contribution is 5.83. The minimum atomic E-state index is 0.431.